The van der Waals surface area contributed by atoms with Crippen LogP contribution in [0.25, 0.3) is 21.3 Å². The summed E-state index contributed by atoms with van der Waals surface area (Å²) in [5.74, 6) is -0.783. The predicted molar refractivity (Wildman–Crippen MR) is 133 cm³/mol. The Morgan fingerprint density at radius 2 is 1.94 bits per heavy atom. The Kier molecular flexibility index (Phi) is 4.74. The van der Waals surface area contributed by atoms with Gasteiger partial charge < -0.3 is 15.8 Å². The minimum absolute atomic E-state index is 0.326. The molecule has 1 amide bonds. The first-order valence-electron chi connectivity index (χ1n) is 10.9. The molecule has 3 N–H and O–H groups in total. The number of hydrogen-bond acceptors (Lipinski definition) is 7. The van der Waals surface area contributed by atoms with Gasteiger partial charge in [0.25, 0.3) is 5.91 Å². The number of esters is 1. The van der Waals surface area contributed by atoms with E-state index in [1.54, 1.807) is 0 Å². The number of hydrogen-bond donors (Lipinski definition) is 2. The van der Waals surface area contributed by atoms with Crippen molar-refractivity contribution in [3.8, 4) is 11.1 Å². The minimum Gasteiger partial charge on any atom is -0.465 e. The molecule has 0 radical (unpaired) electrons. The maximum Gasteiger partial charge on any atom is 0.341 e. The molecular weight excluding hydrogens is 454 g/mol. The number of aryl methyl sites for hydroxylation is 4. The molecule has 0 unspecified atom stereocenters. The van der Waals surface area contributed by atoms with E-state index in [9.17, 15) is 9.59 Å². The number of carbonyl (C=O) groups is 2. The molecule has 6 rings (SSSR count). The second kappa shape index (κ2) is 7.67. The molecule has 1 aromatic carbocycles. The molecule has 0 bridgehead atoms. The van der Waals surface area contributed by atoms with Crippen LogP contribution < -0.4 is 11.1 Å². The number of carbonyl (C=O) groups excluding carboxylic acids is 2. The van der Waals surface area contributed by atoms with Crippen LogP contribution in [0.3, 0.4) is 0 Å². The first kappa shape index (κ1) is 20.4. The quantitative estimate of drug-likeness (QED) is 0.396. The van der Waals surface area contributed by atoms with Crippen LogP contribution in [0.15, 0.2) is 30.3 Å². The fourth-order valence-electron chi connectivity index (χ4n) is 4.88. The van der Waals surface area contributed by atoms with Crippen LogP contribution >= 0.6 is 22.7 Å². The molecule has 0 atom stereocenters. The third-order valence-electron chi connectivity index (χ3n) is 6.46. The number of nitrogen functional groups attached to an aromatic ring is 1. The van der Waals surface area contributed by atoms with Gasteiger partial charge in [-0.15, -0.1) is 22.7 Å². The lowest BCUT2D eigenvalue weighted by Crippen LogP contribution is -2.14. The number of anilines is 2. The molecule has 4 aromatic rings. The van der Waals surface area contributed by atoms with Crippen molar-refractivity contribution in [1.82, 2.24) is 4.98 Å². The fourth-order valence-corrected chi connectivity index (χ4v) is 7.07. The van der Waals surface area contributed by atoms with Crippen molar-refractivity contribution >= 4 is 55.5 Å². The van der Waals surface area contributed by atoms with Gasteiger partial charge in [-0.2, -0.15) is 0 Å². The molecule has 8 heteroatoms. The SMILES string of the molecule is COC(=O)c1c(NC(=O)c2sc3nc4c(cc3c2N)CCC4)sc2c1-c1ccccc1CC2. The first-order valence-corrected chi connectivity index (χ1v) is 12.5. The van der Waals surface area contributed by atoms with E-state index in [0.29, 0.717) is 21.1 Å². The number of pyridine rings is 1. The highest BCUT2D eigenvalue weighted by Crippen LogP contribution is 2.46. The van der Waals surface area contributed by atoms with Crippen molar-refractivity contribution in [2.45, 2.75) is 32.1 Å². The van der Waals surface area contributed by atoms with Gasteiger partial charge in [-0.3, -0.25) is 4.79 Å². The molecule has 6 nitrogen and oxygen atoms in total. The number of amides is 1. The number of thiophene rings is 2. The highest BCUT2D eigenvalue weighted by Gasteiger charge is 2.31. The van der Waals surface area contributed by atoms with Crippen LogP contribution in [0.4, 0.5) is 10.7 Å². The summed E-state index contributed by atoms with van der Waals surface area (Å²) in [5, 5.41) is 4.30. The number of benzene rings is 1. The van der Waals surface area contributed by atoms with Crippen molar-refractivity contribution < 1.29 is 14.3 Å². The molecule has 0 spiro atoms. The van der Waals surface area contributed by atoms with Crippen molar-refractivity contribution in [3.63, 3.8) is 0 Å². The molecule has 0 fully saturated rings. The largest absolute Gasteiger partial charge is 0.465 e. The maximum atomic E-state index is 13.3. The van der Waals surface area contributed by atoms with Gasteiger partial charge in [0.2, 0.25) is 0 Å². The normalized spacial score (nSPS) is 14.0. The van der Waals surface area contributed by atoms with Crippen LogP contribution in [-0.4, -0.2) is 24.0 Å². The van der Waals surface area contributed by atoms with E-state index in [2.05, 4.69) is 17.4 Å². The average molecular weight is 476 g/mol. The second-order valence-electron chi connectivity index (χ2n) is 8.35. The number of nitrogens with zero attached hydrogens (tertiary/aromatic N) is 1. The zero-order valence-corrected chi connectivity index (χ0v) is 19.6. The number of rotatable bonds is 3. The van der Waals surface area contributed by atoms with Gasteiger partial charge >= 0.3 is 5.97 Å². The number of nitrogens with one attached hydrogen (secondary N) is 1. The molecule has 166 valence electrons. The topological polar surface area (TPSA) is 94.3 Å². The molecule has 2 aliphatic carbocycles. The third kappa shape index (κ3) is 3.16. The fraction of sp³-hybridized carbons (Fsp3) is 0.240. The third-order valence-corrected chi connectivity index (χ3v) is 8.74. The van der Waals surface area contributed by atoms with Gasteiger partial charge in [0.15, 0.2) is 0 Å². The molecule has 3 heterocycles. The number of methoxy groups -OCH3 is 1. The Bertz CT molecular complexity index is 1470. The van der Waals surface area contributed by atoms with Gasteiger partial charge in [-0.05, 0) is 54.9 Å². The lowest BCUT2D eigenvalue weighted by atomic mass is 9.88. The van der Waals surface area contributed by atoms with Gasteiger partial charge in [0, 0.05) is 21.5 Å². The summed E-state index contributed by atoms with van der Waals surface area (Å²) in [7, 11) is 1.36. The van der Waals surface area contributed by atoms with Crippen molar-refractivity contribution in [2.24, 2.45) is 0 Å². The van der Waals surface area contributed by atoms with Gasteiger partial charge in [0.1, 0.15) is 20.3 Å². The molecule has 0 saturated heterocycles. The second-order valence-corrected chi connectivity index (χ2v) is 10.5. The lowest BCUT2D eigenvalue weighted by Gasteiger charge is -2.17. The van der Waals surface area contributed by atoms with E-state index in [-0.39, 0.29) is 5.91 Å². The lowest BCUT2D eigenvalue weighted by molar-refractivity contribution is 0.0603. The van der Waals surface area contributed by atoms with Gasteiger partial charge in [-0.1, -0.05) is 24.3 Å². The summed E-state index contributed by atoms with van der Waals surface area (Å²) < 4.78 is 5.10. The number of aromatic nitrogens is 1. The van der Waals surface area contributed by atoms with E-state index in [4.69, 9.17) is 15.5 Å². The summed E-state index contributed by atoms with van der Waals surface area (Å²) in [4.78, 5) is 33.2. The highest BCUT2D eigenvalue weighted by molar-refractivity contribution is 7.21. The summed E-state index contributed by atoms with van der Waals surface area (Å²) in [6, 6.07) is 10.1. The van der Waals surface area contributed by atoms with E-state index in [1.165, 1.54) is 40.9 Å². The number of fused-ring (bicyclic) bond motifs is 5. The van der Waals surface area contributed by atoms with Crippen LogP contribution in [0.5, 0.6) is 0 Å². The van der Waals surface area contributed by atoms with Crippen molar-refractivity contribution in [1.29, 1.82) is 0 Å². The highest BCUT2D eigenvalue weighted by atomic mass is 32.1. The summed E-state index contributed by atoms with van der Waals surface area (Å²) in [5.41, 5.74) is 12.7. The Labute approximate surface area is 198 Å². The Morgan fingerprint density at radius 3 is 2.79 bits per heavy atom. The minimum atomic E-state index is -0.457. The van der Waals surface area contributed by atoms with Gasteiger partial charge in [0.05, 0.1) is 12.8 Å². The predicted octanol–water partition coefficient (Wildman–Crippen LogP) is 5.23. The van der Waals surface area contributed by atoms with Crippen LogP contribution in [0.2, 0.25) is 0 Å². The van der Waals surface area contributed by atoms with E-state index >= 15 is 0 Å². The van der Waals surface area contributed by atoms with Gasteiger partial charge in [-0.25, -0.2) is 9.78 Å². The van der Waals surface area contributed by atoms with Crippen molar-refractivity contribution in [2.75, 3.05) is 18.2 Å². The Hall–Kier alpha value is -3.23. The smallest absolute Gasteiger partial charge is 0.341 e. The molecule has 3 aromatic heterocycles. The molecule has 0 saturated carbocycles. The molecule has 33 heavy (non-hydrogen) atoms. The Balaban J connectivity index is 1.42. The van der Waals surface area contributed by atoms with Crippen LogP contribution in [0, 0.1) is 0 Å². The zero-order valence-electron chi connectivity index (χ0n) is 18.0. The summed E-state index contributed by atoms with van der Waals surface area (Å²) >= 11 is 2.74. The standard InChI is InChI=1S/C25H21N3O3S2/c1-31-25(30)19-18-14-7-3-2-5-12(14)9-10-17(18)32-24(19)28-22(29)21-20(26)15-11-13-6-4-8-16(13)27-23(15)33-21/h2-3,5,7,11H,4,6,8-10,26H2,1H3,(H,28,29). The monoisotopic (exact) mass is 475 g/mol. The zero-order chi connectivity index (χ0) is 22.7. The number of ether oxygens (including phenoxy) is 1. The molecular formula is C25H21N3O3S2. The molecule has 2 aliphatic rings. The maximum absolute atomic E-state index is 13.3. The summed E-state index contributed by atoms with van der Waals surface area (Å²) in [6.45, 7) is 0. The van der Waals surface area contributed by atoms with Crippen molar-refractivity contribution in [3.05, 3.63) is 62.5 Å². The average Bonchev–Trinajstić information content (AvgIpc) is 3.52. The first-order chi connectivity index (χ1) is 16.0. The molecule has 0 aliphatic heterocycles. The Morgan fingerprint density at radius 1 is 1.09 bits per heavy atom. The van der Waals surface area contributed by atoms with E-state index in [1.807, 2.05) is 18.2 Å². The number of nitrogens with two attached hydrogens (primary N) is 1. The van der Waals surface area contributed by atoms with E-state index < -0.39 is 5.97 Å². The van der Waals surface area contributed by atoms with E-state index in [0.717, 1.165) is 64.0 Å². The van der Waals surface area contributed by atoms with Crippen LogP contribution in [0.1, 0.15) is 48.1 Å². The summed E-state index contributed by atoms with van der Waals surface area (Å²) in [6.07, 6.45) is 4.79. The van der Waals surface area contributed by atoms with Crippen LogP contribution in [-0.2, 0) is 30.4 Å².